The van der Waals surface area contributed by atoms with Gasteiger partial charge in [-0.2, -0.15) is 0 Å². The third-order valence-electron chi connectivity index (χ3n) is 4.85. The number of ether oxygens (including phenoxy) is 3. The Balaban J connectivity index is 2.04. The molecule has 0 aromatic heterocycles. The van der Waals surface area contributed by atoms with Gasteiger partial charge in [0.1, 0.15) is 5.75 Å². The van der Waals surface area contributed by atoms with Gasteiger partial charge in [-0.1, -0.05) is 48.5 Å². The first-order valence-electron chi connectivity index (χ1n) is 7.90. The Labute approximate surface area is 140 Å². The molecule has 0 fully saturated rings. The van der Waals surface area contributed by atoms with Gasteiger partial charge >= 0.3 is 0 Å². The summed E-state index contributed by atoms with van der Waals surface area (Å²) < 4.78 is 18.2. The van der Waals surface area contributed by atoms with Gasteiger partial charge in [0.2, 0.25) is 11.4 Å². The van der Waals surface area contributed by atoms with Crippen molar-refractivity contribution in [3.63, 3.8) is 0 Å². The molecule has 122 valence electrons. The third kappa shape index (κ3) is 1.72. The highest BCUT2D eigenvalue weighted by Gasteiger charge is 2.67. The van der Waals surface area contributed by atoms with Crippen LogP contribution in [0.5, 0.6) is 5.75 Å². The Morgan fingerprint density at radius 1 is 1.04 bits per heavy atom. The maximum atomic E-state index is 13.5. The molecule has 2 atom stereocenters. The van der Waals surface area contributed by atoms with E-state index < -0.39 is 11.4 Å². The van der Waals surface area contributed by atoms with E-state index >= 15 is 0 Å². The molecule has 0 aliphatic carbocycles. The highest BCUT2D eigenvalue weighted by atomic mass is 16.7. The molecular formula is C20H18O4. The van der Waals surface area contributed by atoms with Crippen LogP contribution in [0.4, 0.5) is 0 Å². The predicted molar refractivity (Wildman–Crippen MR) is 89.0 cm³/mol. The molecule has 0 saturated carbocycles. The number of Topliss-reactive ketones (excluding diaryl/α,β-unsaturated/α-hetero) is 1. The average Bonchev–Trinajstić information content (AvgIpc) is 3.02. The lowest BCUT2D eigenvalue weighted by molar-refractivity contribution is -0.260. The quantitative estimate of drug-likeness (QED) is 0.794. The minimum Gasteiger partial charge on any atom is -0.453 e. The minimum absolute atomic E-state index is 0.138. The van der Waals surface area contributed by atoms with Crippen molar-refractivity contribution in [2.45, 2.75) is 18.3 Å². The van der Waals surface area contributed by atoms with Crippen molar-refractivity contribution in [3.8, 4) is 5.75 Å². The number of rotatable bonds is 2. The Kier molecular flexibility index (Phi) is 3.34. The molecular weight excluding hydrogens is 304 g/mol. The van der Waals surface area contributed by atoms with Crippen LogP contribution in [-0.4, -0.2) is 25.1 Å². The monoisotopic (exact) mass is 322 g/mol. The fourth-order valence-corrected chi connectivity index (χ4v) is 3.68. The Morgan fingerprint density at radius 2 is 1.75 bits per heavy atom. The van der Waals surface area contributed by atoms with Crippen LogP contribution in [0.25, 0.3) is 0 Å². The van der Waals surface area contributed by atoms with Crippen LogP contribution in [0, 0.1) is 0 Å². The van der Waals surface area contributed by atoms with Crippen molar-refractivity contribution in [1.82, 2.24) is 0 Å². The number of benzene rings is 2. The number of carbonyl (C=O) groups excluding carboxylic acids is 1. The molecule has 1 spiro atoms. The van der Waals surface area contributed by atoms with Gasteiger partial charge in [-0.25, -0.2) is 0 Å². The lowest BCUT2D eigenvalue weighted by Crippen LogP contribution is -2.64. The third-order valence-corrected chi connectivity index (χ3v) is 4.85. The smallest absolute Gasteiger partial charge is 0.278 e. The fraction of sp³-hybridized carbons (Fsp3) is 0.250. The highest BCUT2D eigenvalue weighted by molar-refractivity contribution is 6.09. The zero-order chi connectivity index (χ0) is 16.8. The van der Waals surface area contributed by atoms with E-state index in [9.17, 15) is 4.79 Å². The highest BCUT2D eigenvalue weighted by Crippen LogP contribution is 2.52. The molecule has 0 amide bonds. The number of fused-ring (bicyclic) bond motifs is 1. The van der Waals surface area contributed by atoms with Crippen LogP contribution in [0.1, 0.15) is 22.8 Å². The van der Waals surface area contributed by atoms with Crippen LogP contribution in [0.2, 0.25) is 0 Å². The molecule has 2 aliphatic rings. The fourth-order valence-electron chi connectivity index (χ4n) is 3.68. The molecule has 4 heteroatoms. The molecule has 0 radical (unpaired) electrons. The molecule has 0 N–H and O–H groups in total. The molecule has 2 heterocycles. The van der Waals surface area contributed by atoms with Gasteiger partial charge in [0.15, 0.2) is 0 Å². The van der Waals surface area contributed by atoms with E-state index in [0.29, 0.717) is 17.9 Å². The summed E-state index contributed by atoms with van der Waals surface area (Å²) in [6.07, 6.45) is 1.91. The van der Waals surface area contributed by atoms with E-state index in [4.69, 9.17) is 14.2 Å². The molecule has 2 unspecified atom stereocenters. The summed E-state index contributed by atoms with van der Waals surface area (Å²) in [4.78, 5) is 13.5. The molecule has 4 nitrogen and oxygen atoms in total. The van der Waals surface area contributed by atoms with Crippen LogP contribution in [-0.2, 0) is 15.3 Å². The summed E-state index contributed by atoms with van der Waals surface area (Å²) >= 11 is 0. The van der Waals surface area contributed by atoms with Crippen LogP contribution in [0.3, 0.4) is 0 Å². The maximum Gasteiger partial charge on any atom is 0.278 e. The molecule has 0 saturated heterocycles. The van der Waals surface area contributed by atoms with E-state index in [1.54, 1.807) is 19.2 Å². The van der Waals surface area contributed by atoms with Crippen molar-refractivity contribution in [1.29, 1.82) is 0 Å². The SMILES string of the molecule is COC1(c2ccccc2)Oc2ccccc2C(=O)C12OCC=C2C. The topological polar surface area (TPSA) is 44.8 Å². The molecule has 2 aromatic carbocycles. The number of hydrogen-bond acceptors (Lipinski definition) is 4. The van der Waals surface area contributed by atoms with E-state index in [-0.39, 0.29) is 5.78 Å². The summed E-state index contributed by atoms with van der Waals surface area (Å²) in [5.41, 5.74) is 0.728. The van der Waals surface area contributed by atoms with E-state index in [1.165, 1.54) is 0 Å². The number of carbonyl (C=O) groups is 1. The average molecular weight is 322 g/mol. The Bertz CT molecular complexity index is 827. The number of methoxy groups -OCH3 is 1. The summed E-state index contributed by atoms with van der Waals surface area (Å²) in [6.45, 7) is 2.24. The molecule has 2 aromatic rings. The van der Waals surface area contributed by atoms with Crippen LogP contribution >= 0.6 is 0 Å². The first-order chi connectivity index (χ1) is 11.7. The maximum absolute atomic E-state index is 13.5. The van der Waals surface area contributed by atoms with Gasteiger partial charge in [0.05, 0.1) is 12.2 Å². The van der Waals surface area contributed by atoms with E-state index in [1.807, 2.05) is 55.5 Å². The standard InChI is InChI=1S/C20H18O4/c1-14-12-13-23-19(14)18(21)16-10-6-7-11-17(16)24-20(19,22-2)15-8-4-3-5-9-15/h3-12H,13H2,1-2H3. The number of para-hydroxylation sites is 1. The zero-order valence-corrected chi connectivity index (χ0v) is 13.6. The second kappa shape index (κ2) is 5.30. The molecule has 0 bridgehead atoms. The first kappa shape index (κ1) is 15.1. The molecule has 24 heavy (non-hydrogen) atoms. The lowest BCUT2D eigenvalue weighted by Gasteiger charge is -2.49. The molecule has 2 aliphatic heterocycles. The second-order valence-corrected chi connectivity index (χ2v) is 5.99. The van der Waals surface area contributed by atoms with Gasteiger partial charge < -0.3 is 14.2 Å². The minimum atomic E-state index is -1.36. The second-order valence-electron chi connectivity index (χ2n) is 5.99. The normalized spacial score (nSPS) is 28.4. The summed E-state index contributed by atoms with van der Waals surface area (Å²) in [5.74, 6) is -1.00. The van der Waals surface area contributed by atoms with Gasteiger partial charge in [0, 0.05) is 12.7 Å². The predicted octanol–water partition coefficient (Wildman–Crippen LogP) is 3.48. The molecule has 4 rings (SSSR count). The van der Waals surface area contributed by atoms with Crippen molar-refractivity contribution in [3.05, 3.63) is 77.4 Å². The largest absolute Gasteiger partial charge is 0.453 e. The zero-order valence-electron chi connectivity index (χ0n) is 13.6. The van der Waals surface area contributed by atoms with Crippen molar-refractivity contribution in [2.75, 3.05) is 13.7 Å². The first-order valence-corrected chi connectivity index (χ1v) is 7.90. The van der Waals surface area contributed by atoms with E-state index in [0.717, 1.165) is 11.1 Å². The summed E-state index contributed by atoms with van der Waals surface area (Å²) in [6, 6.07) is 16.7. The van der Waals surface area contributed by atoms with Gasteiger partial charge in [-0.15, -0.1) is 0 Å². The van der Waals surface area contributed by atoms with Crippen LogP contribution in [0.15, 0.2) is 66.2 Å². The lowest BCUT2D eigenvalue weighted by atomic mass is 9.74. The van der Waals surface area contributed by atoms with Gasteiger partial charge in [-0.05, 0) is 24.6 Å². The van der Waals surface area contributed by atoms with Crippen molar-refractivity contribution >= 4 is 5.78 Å². The van der Waals surface area contributed by atoms with Crippen LogP contribution < -0.4 is 4.74 Å². The van der Waals surface area contributed by atoms with Gasteiger partial charge in [0.25, 0.3) is 5.79 Å². The number of ketones is 1. The summed E-state index contributed by atoms with van der Waals surface area (Å²) in [7, 11) is 1.55. The Hall–Kier alpha value is -2.43. The van der Waals surface area contributed by atoms with Gasteiger partial charge in [-0.3, -0.25) is 4.79 Å². The summed E-state index contributed by atoms with van der Waals surface area (Å²) in [5, 5.41) is 0. The van der Waals surface area contributed by atoms with E-state index in [2.05, 4.69) is 0 Å². The Morgan fingerprint density at radius 3 is 2.42 bits per heavy atom. The van der Waals surface area contributed by atoms with Crippen molar-refractivity contribution < 1.29 is 19.0 Å². The van der Waals surface area contributed by atoms with Crippen molar-refractivity contribution in [2.24, 2.45) is 0 Å². The number of hydrogen-bond donors (Lipinski definition) is 0.